The Hall–Kier alpha value is -2.67. The maximum Gasteiger partial charge on any atom is 0.230 e. The number of aliphatic hydroxyl groups excluding tert-OH is 1. The molecule has 0 bridgehead atoms. The molecule has 0 unspecified atom stereocenters. The molecule has 1 atom stereocenters. The van der Waals surface area contributed by atoms with E-state index in [9.17, 15) is 9.90 Å². The fourth-order valence-corrected chi connectivity index (χ4v) is 5.69. The van der Waals surface area contributed by atoms with Crippen molar-refractivity contribution in [2.75, 3.05) is 31.6 Å². The van der Waals surface area contributed by atoms with Crippen LogP contribution in [0.5, 0.6) is 5.88 Å². The Bertz CT molecular complexity index is 941. The summed E-state index contributed by atoms with van der Waals surface area (Å²) in [5.74, 6) is 1.85. The minimum atomic E-state index is -0.283. The Morgan fingerprint density at radius 1 is 1.00 bits per heavy atom. The zero-order valence-corrected chi connectivity index (χ0v) is 18.7. The molecule has 7 nitrogen and oxygen atoms in total. The van der Waals surface area contributed by atoms with Gasteiger partial charge in [-0.05, 0) is 63.1 Å². The standard InChI is InChI=1S/C25H32N4O3/c1-32-23-10-4-19(16-27-23)18-3-9-22(26-15-18)28-13-2-11-25(17-28)12-14-29(24(25)31)20-5-7-21(30)8-6-20/h3-4,9-10,15-16,20-21,30H,2,5-8,11-14,17H2,1H3/t20-,21-,25-/m1/s1. The first-order valence-corrected chi connectivity index (χ1v) is 11.8. The van der Waals surface area contributed by atoms with Gasteiger partial charge in [0.15, 0.2) is 0 Å². The highest BCUT2D eigenvalue weighted by molar-refractivity contribution is 5.86. The summed E-state index contributed by atoms with van der Waals surface area (Å²) in [6, 6.07) is 8.26. The maximum atomic E-state index is 13.5. The zero-order valence-electron chi connectivity index (χ0n) is 18.7. The van der Waals surface area contributed by atoms with Crippen LogP contribution in [0.1, 0.15) is 44.9 Å². The van der Waals surface area contributed by atoms with Crippen molar-refractivity contribution >= 4 is 11.7 Å². The van der Waals surface area contributed by atoms with Crippen LogP contribution in [0, 0.1) is 5.41 Å². The summed E-state index contributed by atoms with van der Waals surface area (Å²) in [5, 5.41) is 9.83. The second kappa shape index (κ2) is 8.70. The lowest BCUT2D eigenvalue weighted by Gasteiger charge is -2.41. The molecule has 1 amide bonds. The zero-order chi connectivity index (χ0) is 22.1. The van der Waals surface area contributed by atoms with E-state index in [1.165, 1.54) is 0 Å². The summed E-state index contributed by atoms with van der Waals surface area (Å²) < 4.78 is 5.13. The van der Waals surface area contributed by atoms with E-state index in [0.717, 1.165) is 81.5 Å². The van der Waals surface area contributed by atoms with Gasteiger partial charge in [0.25, 0.3) is 0 Å². The largest absolute Gasteiger partial charge is 0.481 e. The molecule has 2 aliphatic heterocycles. The van der Waals surface area contributed by atoms with Gasteiger partial charge >= 0.3 is 0 Å². The number of methoxy groups -OCH3 is 1. The summed E-state index contributed by atoms with van der Waals surface area (Å²) in [7, 11) is 1.61. The molecule has 2 saturated heterocycles. The van der Waals surface area contributed by atoms with E-state index < -0.39 is 0 Å². The van der Waals surface area contributed by atoms with Crippen molar-refractivity contribution in [3.63, 3.8) is 0 Å². The van der Waals surface area contributed by atoms with Crippen molar-refractivity contribution in [2.24, 2.45) is 5.41 Å². The van der Waals surface area contributed by atoms with Crippen LogP contribution in [-0.4, -0.2) is 64.8 Å². The Morgan fingerprint density at radius 2 is 1.75 bits per heavy atom. The lowest BCUT2D eigenvalue weighted by molar-refractivity contribution is -0.139. The number of amides is 1. The average molecular weight is 437 g/mol. The third-order valence-electron chi connectivity index (χ3n) is 7.58. The van der Waals surface area contributed by atoms with E-state index in [-0.39, 0.29) is 11.5 Å². The van der Waals surface area contributed by atoms with Gasteiger partial charge in [-0.1, -0.05) is 0 Å². The van der Waals surface area contributed by atoms with Crippen LogP contribution in [0.2, 0.25) is 0 Å². The SMILES string of the molecule is COc1ccc(-c2ccc(N3CCC[C@@]4(CCN([C@H]5CC[C@H](O)CC5)C4=O)C3)nc2)cn1. The number of aliphatic hydroxyl groups is 1. The Kier molecular flexibility index (Phi) is 5.76. The van der Waals surface area contributed by atoms with Gasteiger partial charge in [-0.3, -0.25) is 4.79 Å². The summed E-state index contributed by atoms with van der Waals surface area (Å²) in [6.07, 6.45) is 9.87. The number of carbonyl (C=O) groups is 1. The summed E-state index contributed by atoms with van der Waals surface area (Å²) in [5.41, 5.74) is 1.73. The molecule has 32 heavy (non-hydrogen) atoms. The molecule has 170 valence electrons. The summed E-state index contributed by atoms with van der Waals surface area (Å²) in [4.78, 5) is 26.9. The fourth-order valence-electron chi connectivity index (χ4n) is 5.69. The van der Waals surface area contributed by atoms with Crippen LogP contribution in [0.15, 0.2) is 36.7 Å². The Morgan fingerprint density at radius 3 is 2.41 bits per heavy atom. The molecule has 1 spiro atoms. The molecule has 0 aromatic carbocycles. The van der Waals surface area contributed by atoms with Gasteiger partial charge in [-0.2, -0.15) is 0 Å². The second-order valence-corrected chi connectivity index (χ2v) is 9.51. The van der Waals surface area contributed by atoms with E-state index >= 15 is 0 Å². The van der Waals surface area contributed by atoms with E-state index in [0.29, 0.717) is 17.8 Å². The number of piperidine rings is 1. The first-order valence-electron chi connectivity index (χ1n) is 11.8. The van der Waals surface area contributed by atoms with Crippen molar-refractivity contribution in [2.45, 2.75) is 57.1 Å². The predicted molar refractivity (Wildman–Crippen MR) is 122 cm³/mol. The molecule has 1 N–H and O–H groups in total. The highest BCUT2D eigenvalue weighted by Crippen LogP contribution is 2.43. The molecule has 7 heteroatoms. The third-order valence-corrected chi connectivity index (χ3v) is 7.58. The van der Waals surface area contributed by atoms with Gasteiger partial charge in [-0.25, -0.2) is 9.97 Å². The number of pyridine rings is 2. The van der Waals surface area contributed by atoms with Crippen molar-refractivity contribution in [3.05, 3.63) is 36.7 Å². The number of rotatable bonds is 4. The van der Waals surface area contributed by atoms with Crippen LogP contribution in [-0.2, 0) is 4.79 Å². The lowest BCUT2D eigenvalue weighted by atomic mass is 9.78. The molecule has 2 aromatic rings. The number of hydrogen-bond donors (Lipinski definition) is 1. The monoisotopic (exact) mass is 436 g/mol. The minimum absolute atomic E-state index is 0.189. The number of likely N-dealkylation sites (tertiary alicyclic amines) is 1. The number of carbonyl (C=O) groups excluding carboxylic acids is 1. The van der Waals surface area contributed by atoms with E-state index in [1.54, 1.807) is 13.3 Å². The van der Waals surface area contributed by atoms with Crippen molar-refractivity contribution in [1.29, 1.82) is 0 Å². The number of anilines is 1. The fraction of sp³-hybridized carbons (Fsp3) is 0.560. The molecular formula is C25H32N4O3. The molecule has 3 fully saturated rings. The van der Waals surface area contributed by atoms with Gasteiger partial charge in [0, 0.05) is 55.3 Å². The second-order valence-electron chi connectivity index (χ2n) is 9.51. The number of nitrogens with zero attached hydrogens (tertiary/aromatic N) is 4. The van der Waals surface area contributed by atoms with Crippen LogP contribution < -0.4 is 9.64 Å². The van der Waals surface area contributed by atoms with Gasteiger partial charge in [0.05, 0.1) is 18.6 Å². The molecule has 1 saturated carbocycles. The van der Waals surface area contributed by atoms with E-state index in [2.05, 4.69) is 26.9 Å². The Balaban J connectivity index is 1.28. The number of ether oxygens (including phenoxy) is 1. The first kappa shape index (κ1) is 21.2. The molecule has 2 aromatic heterocycles. The van der Waals surface area contributed by atoms with E-state index in [4.69, 9.17) is 9.72 Å². The Labute approximate surface area is 189 Å². The van der Waals surface area contributed by atoms with E-state index in [1.807, 2.05) is 18.3 Å². The van der Waals surface area contributed by atoms with Gasteiger partial charge in [0.1, 0.15) is 5.82 Å². The third kappa shape index (κ3) is 3.94. The molecule has 4 heterocycles. The van der Waals surface area contributed by atoms with Crippen LogP contribution in [0.4, 0.5) is 5.82 Å². The topological polar surface area (TPSA) is 78.8 Å². The molecule has 0 radical (unpaired) electrons. The van der Waals surface area contributed by atoms with Crippen molar-refractivity contribution < 1.29 is 14.6 Å². The van der Waals surface area contributed by atoms with Crippen molar-refractivity contribution in [1.82, 2.24) is 14.9 Å². The van der Waals surface area contributed by atoms with Crippen molar-refractivity contribution in [3.8, 4) is 17.0 Å². The summed E-state index contributed by atoms with van der Waals surface area (Å²) in [6.45, 7) is 2.53. The normalized spacial score (nSPS) is 28.4. The van der Waals surface area contributed by atoms with Gasteiger partial charge < -0.3 is 19.6 Å². The van der Waals surface area contributed by atoms with Gasteiger partial charge in [0.2, 0.25) is 11.8 Å². The summed E-state index contributed by atoms with van der Waals surface area (Å²) >= 11 is 0. The van der Waals surface area contributed by atoms with Crippen LogP contribution in [0.25, 0.3) is 11.1 Å². The minimum Gasteiger partial charge on any atom is -0.481 e. The van der Waals surface area contributed by atoms with Crippen LogP contribution >= 0.6 is 0 Å². The lowest BCUT2D eigenvalue weighted by Crippen LogP contribution is -2.50. The molecule has 5 rings (SSSR count). The number of aromatic nitrogens is 2. The van der Waals surface area contributed by atoms with Crippen LogP contribution in [0.3, 0.4) is 0 Å². The highest BCUT2D eigenvalue weighted by atomic mass is 16.5. The molecule has 3 aliphatic rings. The highest BCUT2D eigenvalue weighted by Gasteiger charge is 2.50. The quantitative estimate of drug-likeness (QED) is 0.793. The maximum absolute atomic E-state index is 13.5. The predicted octanol–water partition coefficient (Wildman–Crippen LogP) is 3.27. The average Bonchev–Trinajstić information content (AvgIpc) is 3.15. The number of hydrogen-bond acceptors (Lipinski definition) is 6. The molecular weight excluding hydrogens is 404 g/mol. The first-order chi connectivity index (χ1) is 15.6. The molecule has 1 aliphatic carbocycles. The van der Waals surface area contributed by atoms with Gasteiger partial charge in [-0.15, -0.1) is 0 Å². The smallest absolute Gasteiger partial charge is 0.230 e.